The zero-order valence-corrected chi connectivity index (χ0v) is 10.6. The van der Waals surface area contributed by atoms with Crippen LogP contribution >= 0.6 is 0 Å². The molecular formula is C9H14N2O5S. The van der Waals surface area contributed by atoms with Crippen LogP contribution in [0.15, 0.2) is 10.8 Å². The van der Waals surface area contributed by atoms with Crippen molar-refractivity contribution in [2.24, 2.45) is 0 Å². The molecule has 1 heterocycles. The number of amides is 1. The lowest BCUT2D eigenvalue weighted by atomic mass is 10.3. The highest BCUT2D eigenvalue weighted by Gasteiger charge is 2.25. The molecule has 0 radical (unpaired) electrons. The number of nitrogens with one attached hydrogen (secondary N) is 1. The second kappa shape index (κ2) is 5.28. The molecule has 96 valence electrons. The fourth-order valence-corrected chi connectivity index (χ4v) is 2.00. The van der Waals surface area contributed by atoms with Crippen molar-refractivity contribution in [1.29, 1.82) is 0 Å². The summed E-state index contributed by atoms with van der Waals surface area (Å²) in [6.07, 6.45) is 1.08. The molecular weight excluding hydrogens is 248 g/mol. The summed E-state index contributed by atoms with van der Waals surface area (Å²) >= 11 is 0. The molecule has 7 nitrogen and oxygen atoms in total. The Bertz CT molecular complexity index is 493. The summed E-state index contributed by atoms with van der Waals surface area (Å²) in [7, 11) is -2.39. The van der Waals surface area contributed by atoms with Crippen molar-refractivity contribution in [3.05, 3.63) is 17.8 Å². The molecule has 1 aromatic rings. The summed E-state index contributed by atoms with van der Waals surface area (Å²) in [5.41, 5.74) is -0.0433. The molecule has 0 bridgehead atoms. The van der Waals surface area contributed by atoms with E-state index in [9.17, 15) is 13.2 Å². The van der Waals surface area contributed by atoms with Crippen LogP contribution in [0.25, 0.3) is 0 Å². The number of aryl methyl sites for hydroxylation is 1. The fourth-order valence-electron chi connectivity index (χ4n) is 1.13. The maximum Gasteiger partial charge on any atom is 0.286 e. The molecule has 1 aromatic heterocycles. The van der Waals surface area contributed by atoms with E-state index in [1.54, 1.807) is 0 Å². The van der Waals surface area contributed by atoms with Crippen LogP contribution in [-0.2, 0) is 14.8 Å². The predicted octanol–water partition coefficient (Wildman–Crippen LogP) is 0.0775. The van der Waals surface area contributed by atoms with Crippen LogP contribution < -0.4 is 4.72 Å². The van der Waals surface area contributed by atoms with E-state index < -0.39 is 21.2 Å². The SMILES string of the molecule is COC[C@@H](C)S(=O)(=O)NC(=O)c1ncoc1C. The van der Waals surface area contributed by atoms with Crippen LogP contribution in [0.2, 0.25) is 0 Å². The number of sulfonamides is 1. The highest BCUT2D eigenvalue weighted by molar-refractivity contribution is 7.90. The van der Waals surface area contributed by atoms with Crippen LogP contribution in [0.4, 0.5) is 0 Å². The van der Waals surface area contributed by atoms with E-state index in [4.69, 9.17) is 9.15 Å². The number of rotatable bonds is 5. The second-order valence-electron chi connectivity index (χ2n) is 3.50. The maximum absolute atomic E-state index is 11.7. The van der Waals surface area contributed by atoms with Crippen LogP contribution in [0.3, 0.4) is 0 Å². The first-order valence-electron chi connectivity index (χ1n) is 4.83. The first-order chi connectivity index (χ1) is 7.88. The topological polar surface area (TPSA) is 98.5 Å². The average molecular weight is 262 g/mol. The molecule has 0 saturated carbocycles. The summed E-state index contributed by atoms with van der Waals surface area (Å²) in [5.74, 6) is -0.545. The molecule has 0 aliphatic rings. The zero-order valence-electron chi connectivity index (χ0n) is 9.76. The molecule has 0 aromatic carbocycles. The van der Waals surface area contributed by atoms with Crippen molar-refractivity contribution in [2.45, 2.75) is 19.1 Å². The summed E-state index contributed by atoms with van der Waals surface area (Å²) in [6, 6.07) is 0. The van der Waals surface area contributed by atoms with Gasteiger partial charge in [0.2, 0.25) is 10.0 Å². The van der Waals surface area contributed by atoms with Gasteiger partial charge in [-0.25, -0.2) is 18.1 Å². The molecule has 0 aliphatic heterocycles. The van der Waals surface area contributed by atoms with Gasteiger partial charge in [-0.3, -0.25) is 4.79 Å². The number of ether oxygens (including phenoxy) is 1. The van der Waals surface area contributed by atoms with Gasteiger partial charge in [0.1, 0.15) is 11.0 Å². The maximum atomic E-state index is 11.7. The normalized spacial score (nSPS) is 13.4. The Morgan fingerprint density at radius 1 is 1.65 bits per heavy atom. The molecule has 1 rings (SSSR count). The third kappa shape index (κ3) is 3.27. The smallest absolute Gasteiger partial charge is 0.286 e. The minimum Gasteiger partial charge on any atom is -0.448 e. The van der Waals surface area contributed by atoms with E-state index >= 15 is 0 Å². The van der Waals surface area contributed by atoms with E-state index in [2.05, 4.69) is 4.98 Å². The van der Waals surface area contributed by atoms with Crippen molar-refractivity contribution < 1.29 is 22.4 Å². The quantitative estimate of drug-likeness (QED) is 0.806. The lowest BCUT2D eigenvalue weighted by molar-refractivity contribution is 0.0975. The van der Waals surface area contributed by atoms with Gasteiger partial charge in [0.15, 0.2) is 12.1 Å². The molecule has 8 heteroatoms. The van der Waals surface area contributed by atoms with Gasteiger partial charge in [-0.1, -0.05) is 0 Å². The average Bonchev–Trinajstić information content (AvgIpc) is 2.64. The Labute approximate surface area is 99.2 Å². The number of hydrogen-bond donors (Lipinski definition) is 1. The molecule has 1 atom stereocenters. The Balaban J connectivity index is 2.79. The first-order valence-corrected chi connectivity index (χ1v) is 6.38. The number of carbonyl (C=O) groups excluding carboxylic acids is 1. The number of aromatic nitrogens is 1. The Morgan fingerprint density at radius 2 is 2.29 bits per heavy atom. The van der Waals surface area contributed by atoms with E-state index in [-0.39, 0.29) is 18.1 Å². The Kier molecular flexibility index (Phi) is 4.24. The number of methoxy groups -OCH3 is 1. The fraction of sp³-hybridized carbons (Fsp3) is 0.556. The van der Waals surface area contributed by atoms with Gasteiger partial charge in [-0.2, -0.15) is 0 Å². The third-order valence-corrected chi connectivity index (χ3v) is 3.79. The molecule has 0 fully saturated rings. The molecule has 0 aliphatic carbocycles. The van der Waals surface area contributed by atoms with Crippen molar-refractivity contribution in [3.8, 4) is 0 Å². The van der Waals surface area contributed by atoms with Gasteiger partial charge in [-0.15, -0.1) is 0 Å². The number of carbonyl (C=O) groups is 1. The summed E-state index contributed by atoms with van der Waals surface area (Å²) < 4.78 is 34.8. The largest absolute Gasteiger partial charge is 0.448 e. The van der Waals surface area contributed by atoms with E-state index in [1.807, 2.05) is 4.72 Å². The van der Waals surface area contributed by atoms with E-state index in [1.165, 1.54) is 21.0 Å². The Morgan fingerprint density at radius 3 is 2.76 bits per heavy atom. The van der Waals surface area contributed by atoms with Gasteiger partial charge in [0.05, 0.1) is 6.61 Å². The molecule has 0 spiro atoms. The van der Waals surface area contributed by atoms with E-state index in [0.29, 0.717) is 0 Å². The molecule has 0 unspecified atom stereocenters. The lowest BCUT2D eigenvalue weighted by Gasteiger charge is -2.12. The van der Waals surface area contributed by atoms with Crippen LogP contribution in [0.1, 0.15) is 23.2 Å². The summed E-state index contributed by atoms with van der Waals surface area (Å²) in [5, 5.41) is -0.830. The van der Waals surface area contributed by atoms with Gasteiger partial charge >= 0.3 is 0 Å². The second-order valence-corrected chi connectivity index (χ2v) is 5.60. The van der Waals surface area contributed by atoms with Gasteiger partial charge < -0.3 is 9.15 Å². The highest BCUT2D eigenvalue weighted by Crippen LogP contribution is 2.06. The van der Waals surface area contributed by atoms with Crippen LogP contribution in [0, 0.1) is 6.92 Å². The molecule has 1 N–H and O–H groups in total. The van der Waals surface area contributed by atoms with Gasteiger partial charge in [0.25, 0.3) is 5.91 Å². The van der Waals surface area contributed by atoms with Crippen molar-refractivity contribution in [2.75, 3.05) is 13.7 Å². The van der Waals surface area contributed by atoms with Crippen LogP contribution in [-0.4, -0.2) is 38.3 Å². The van der Waals surface area contributed by atoms with Gasteiger partial charge in [0, 0.05) is 7.11 Å². The first kappa shape index (κ1) is 13.7. The third-order valence-electron chi connectivity index (χ3n) is 2.13. The van der Waals surface area contributed by atoms with Crippen molar-refractivity contribution in [1.82, 2.24) is 9.71 Å². The molecule has 17 heavy (non-hydrogen) atoms. The lowest BCUT2D eigenvalue weighted by Crippen LogP contribution is -2.39. The Hall–Kier alpha value is -1.41. The van der Waals surface area contributed by atoms with E-state index in [0.717, 1.165) is 6.39 Å². The number of nitrogens with zero attached hydrogens (tertiary/aromatic N) is 1. The minimum absolute atomic E-state index is 0.000408. The van der Waals surface area contributed by atoms with Crippen LogP contribution in [0.5, 0.6) is 0 Å². The standard InChI is InChI=1S/C9H14N2O5S/c1-6(4-15-3)17(13,14)11-9(12)8-7(2)16-5-10-8/h5-6H,4H2,1-3H3,(H,11,12)/t6-/m1/s1. The minimum atomic E-state index is -3.77. The summed E-state index contributed by atoms with van der Waals surface area (Å²) in [6.45, 7) is 2.96. The monoisotopic (exact) mass is 262 g/mol. The number of oxazole rings is 1. The summed E-state index contributed by atoms with van der Waals surface area (Å²) in [4.78, 5) is 15.2. The molecule has 1 amide bonds. The zero-order chi connectivity index (χ0) is 13.1. The predicted molar refractivity (Wildman–Crippen MR) is 59.0 cm³/mol. The van der Waals surface area contributed by atoms with Crippen molar-refractivity contribution in [3.63, 3.8) is 0 Å². The molecule has 0 saturated heterocycles. The number of hydrogen-bond acceptors (Lipinski definition) is 6. The van der Waals surface area contributed by atoms with Gasteiger partial charge in [-0.05, 0) is 13.8 Å². The van der Waals surface area contributed by atoms with Crippen molar-refractivity contribution >= 4 is 15.9 Å². The highest BCUT2D eigenvalue weighted by atomic mass is 32.2.